The number of H-pyrrole nitrogens is 1. The minimum atomic E-state index is 0.231. The molecule has 26 heavy (non-hydrogen) atoms. The lowest BCUT2D eigenvalue weighted by Gasteiger charge is -2.18. The van der Waals surface area contributed by atoms with Crippen molar-refractivity contribution in [3.05, 3.63) is 82.6 Å². The Balaban J connectivity index is 1.49. The molecule has 0 saturated heterocycles. The number of thiocarbonyl (C=S) groups is 1. The van der Waals surface area contributed by atoms with Crippen LogP contribution in [-0.4, -0.2) is 16.6 Å². The highest BCUT2D eigenvalue weighted by Gasteiger charge is 2.19. The van der Waals surface area contributed by atoms with Crippen LogP contribution in [0.1, 0.15) is 22.1 Å². The molecule has 3 heterocycles. The van der Waals surface area contributed by atoms with Gasteiger partial charge in [-0.25, -0.2) is 0 Å². The topological polar surface area (TPSA) is 53.0 Å². The lowest BCUT2D eigenvalue weighted by molar-refractivity contribution is 0.502. The molecule has 0 aliphatic carbocycles. The Morgan fingerprint density at radius 2 is 2.04 bits per heavy atom. The van der Waals surface area contributed by atoms with E-state index in [2.05, 4.69) is 63.6 Å². The highest BCUT2D eigenvalue weighted by molar-refractivity contribution is 7.80. The molecule has 6 heteroatoms. The summed E-state index contributed by atoms with van der Waals surface area (Å²) in [5, 5.41) is 10.5. The van der Waals surface area contributed by atoms with E-state index in [0.717, 1.165) is 17.8 Å². The van der Waals surface area contributed by atoms with Crippen molar-refractivity contribution >= 4 is 39.6 Å². The van der Waals surface area contributed by atoms with Crippen molar-refractivity contribution in [3.63, 3.8) is 0 Å². The second kappa shape index (κ2) is 7.76. The number of benzene rings is 1. The summed E-state index contributed by atoms with van der Waals surface area (Å²) in [4.78, 5) is 4.69. The molecule has 0 aliphatic heterocycles. The lowest BCUT2D eigenvalue weighted by Crippen LogP contribution is -2.37. The fourth-order valence-electron chi connectivity index (χ4n) is 3.07. The van der Waals surface area contributed by atoms with E-state index >= 15 is 0 Å². The van der Waals surface area contributed by atoms with Gasteiger partial charge in [0, 0.05) is 34.4 Å². The zero-order valence-electron chi connectivity index (χ0n) is 14.1. The van der Waals surface area contributed by atoms with Crippen LogP contribution in [0.4, 0.5) is 0 Å². The third-order valence-electron chi connectivity index (χ3n) is 4.35. The summed E-state index contributed by atoms with van der Waals surface area (Å²) >= 11 is 7.20. The minimum Gasteiger partial charge on any atom is -0.467 e. The van der Waals surface area contributed by atoms with E-state index in [9.17, 15) is 0 Å². The van der Waals surface area contributed by atoms with Crippen LogP contribution in [0.25, 0.3) is 10.9 Å². The van der Waals surface area contributed by atoms with Gasteiger partial charge in [-0.05, 0) is 47.4 Å². The van der Waals surface area contributed by atoms with Gasteiger partial charge < -0.3 is 20.0 Å². The first-order valence-electron chi connectivity index (χ1n) is 8.45. The zero-order chi connectivity index (χ0) is 17.8. The maximum atomic E-state index is 5.43. The number of hydrogen-bond acceptors (Lipinski definition) is 3. The number of aromatic nitrogens is 1. The molecule has 4 aromatic rings. The van der Waals surface area contributed by atoms with Gasteiger partial charge in [-0.2, -0.15) is 0 Å². The number of nitrogens with one attached hydrogen (secondary N) is 3. The van der Waals surface area contributed by atoms with Crippen molar-refractivity contribution in [3.8, 4) is 0 Å². The molecule has 132 valence electrons. The number of thiophene rings is 1. The Kier molecular flexibility index (Phi) is 5.04. The summed E-state index contributed by atoms with van der Waals surface area (Å²) in [6, 6.07) is 16.5. The maximum Gasteiger partial charge on any atom is 0.166 e. The van der Waals surface area contributed by atoms with Gasteiger partial charge in [-0.1, -0.05) is 24.3 Å². The van der Waals surface area contributed by atoms with Crippen LogP contribution in [0.15, 0.2) is 70.8 Å². The van der Waals surface area contributed by atoms with Crippen molar-refractivity contribution in [2.24, 2.45) is 0 Å². The van der Waals surface area contributed by atoms with Gasteiger partial charge in [0.05, 0.1) is 12.8 Å². The average molecular weight is 382 g/mol. The standard InChI is InChI=1S/C20H19N3OS2/c25-20(22-11-14-5-3-9-24-14)23-13-17(19-8-4-10-26-19)16-12-21-18-7-2-1-6-15(16)18/h1-10,12,17,21H,11,13H2,(H2,22,23,25). The van der Waals surface area contributed by atoms with E-state index < -0.39 is 0 Å². The normalized spacial score (nSPS) is 12.2. The largest absolute Gasteiger partial charge is 0.467 e. The van der Waals surface area contributed by atoms with Crippen LogP contribution in [0.5, 0.6) is 0 Å². The number of aromatic amines is 1. The Morgan fingerprint density at radius 1 is 1.12 bits per heavy atom. The first-order chi connectivity index (χ1) is 12.8. The lowest BCUT2D eigenvalue weighted by atomic mass is 9.97. The molecule has 0 saturated carbocycles. The van der Waals surface area contributed by atoms with E-state index in [4.69, 9.17) is 16.6 Å². The van der Waals surface area contributed by atoms with Crippen molar-refractivity contribution in [2.75, 3.05) is 6.54 Å². The Hall–Kier alpha value is -2.57. The molecule has 0 fully saturated rings. The fourth-order valence-corrected chi connectivity index (χ4v) is 4.07. The molecule has 0 bridgehead atoms. The highest BCUT2D eigenvalue weighted by atomic mass is 32.1. The SMILES string of the molecule is S=C(NCc1ccco1)NCC(c1cccs1)c1c[nH]c2ccccc12. The molecule has 0 radical (unpaired) electrons. The Bertz CT molecular complexity index is 974. The van der Waals surface area contributed by atoms with Crippen LogP contribution in [-0.2, 0) is 6.54 Å². The Morgan fingerprint density at radius 3 is 2.85 bits per heavy atom. The summed E-state index contributed by atoms with van der Waals surface area (Å²) in [6.45, 7) is 1.31. The zero-order valence-corrected chi connectivity index (χ0v) is 15.7. The summed E-state index contributed by atoms with van der Waals surface area (Å²) in [5.41, 5.74) is 2.44. The molecular weight excluding hydrogens is 362 g/mol. The molecule has 3 aromatic heterocycles. The second-order valence-corrected chi connectivity index (χ2v) is 7.39. The van der Waals surface area contributed by atoms with Gasteiger partial charge in [0.15, 0.2) is 5.11 Å². The number of fused-ring (bicyclic) bond motifs is 1. The van der Waals surface area contributed by atoms with Crippen LogP contribution < -0.4 is 10.6 Å². The minimum absolute atomic E-state index is 0.231. The highest BCUT2D eigenvalue weighted by Crippen LogP contribution is 2.32. The van der Waals surface area contributed by atoms with Crippen molar-refractivity contribution < 1.29 is 4.42 Å². The predicted octanol–water partition coefficient (Wildman–Crippen LogP) is 4.62. The van der Waals surface area contributed by atoms with Crippen molar-refractivity contribution in [1.82, 2.24) is 15.6 Å². The molecular formula is C20H19N3OS2. The predicted molar refractivity (Wildman–Crippen MR) is 111 cm³/mol. The van der Waals surface area contributed by atoms with E-state index in [0.29, 0.717) is 11.7 Å². The number of hydrogen-bond donors (Lipinski definition) is 3. The van der Waals surface area contributed by atoms with Crippen LogP contribution in [0, 0.1) is 0 Å². The maximum absolute atomic E-state index is 5.43. The van der Waals surface area contributed by atoms with Gasteiger partial charge >= 0.3 is 0 Å². The van der Waals surface area contributed by atoms with Crippen LogP contribution in [0.2, 0.25) is 0 Å². The number of rotatable bonds is 6. The molecule has 1 aromatic carbocycles. The molecule has 0 amide bonds. The van der Waals surface area contributed by atoms with Crippen molar-refractivity contribution in [2.45, 2.75) is 12.5 Å². The first-order valence-corrected chi connectivity index (χ1v) is 9.73. The van der Waals surface area contributed by atoms with Gasteiger partial charge in [0.2, 0.25) is 0 Å². The van der Waals surface area contributed by atoms with E-state index in [-0.39, 0.29) is 5.92 Å². The molecule has 1 unspecified atom stereocenters. The monoisotopic (exact) mass is 381 g/mol. The fraction of sp³-hybridized carbons (Fsp3) is 0.150. The smallest absolute Gasteiger partial charge is 0.166 e. The summed E-state index contributed by atoms with van der Waals surface area (Å²) in [5.74, 6) is 1.09. The average Bonchev–Trinajstić information content (AvgIpc) is 3.42. The van der Waals surface area contributed by atoms with Crippen LogP contribution in [0.3, 0.4) is 0 Å². The summed E-state index contributed by atoms with van der Waals surface area (Å²) in [7, 11) is 0. The molecule has 1 atom stereocenters. The molecule has 4 nitrogen and oxygen atoms in total. The van der Waals surface area contributed by atoms with Gasteiger partial charge in [0.1, 0.15) is 5.76 Å². The van der Waals surface area contributed by atoms with E-state index in [1.54, 1.807) is 17.6 Å². The quantitative estimate of drug-likeness (QED) is 0.427. The van der Waals surface area contributed by atoms with Gasteiger partial charge in [-0.15, -0.1) is 11.3 Å². The Labute approximate surface area is 161 Å². The third kappa shape index (κ3) is 3.66. The summed E-state index contributed by atoms with van der Waals surface area (Å²) in [6.07, 6.45) is 3.77. The number of furan rings is 1. The second-order valence-electron chi connectivity index (χ2n) is 6.00. The van der Waals surface area contributed by atoms with Crippen molar-refractivity contribution in [1.29, 1.82) is 0 Å². The first kappa shape index (κ1) is 16.9. The molecule has 0 aliphatic rings. The molecule has 4 rings (SSSR count). The number of para-hydroxylation sites is 1. The van der Waals surface area contributed by atoms with Gasteiger partial charge in [0.25, 0.3) is 0 Å². The van der Waals surface area contributed by atoms with Gasteiger partial charge in [-0.3, -0.25) is 0 Å². The molecule has 0 spiro atoms. The summed E-state index contributed by atoms with van der Waals surface area (Å²) < 4.78 is 5.32. The third-order valence-corrected chi connectivity index (χ3v) is 5.63. The van der Waals surface area contributed by atoms with Crippen LogP contribution >= 0.6 is 23.6 Å². The van der Waals surface area contributed by atoms with E-state index in [1.165, 1.54) is 15.8 Å². The molecule has 3 N–H and O–H groups in total. The van der Waals surface area contributed by atoms with E-state index in [1.807, 2.05) is 12.1 Å².